The molecule has 0 heterocycles. The Kier molecular flexibility index (Phi) is 4.73. The number of carbonyl (C=O) groups is 1. The number of anilines is 1. The highest BCUT2D eigenvalue weighted by molar-refractivity contribution is 7.84. The second kappa shape index (κ2) is 6.53. The van der Waals surface area contributed by atoms with Gasteiger partial charge in [0.25, 0.3) is 5.91 Å². The molecule has 0 bridgehead atoms. The second-order valence-electron chi connectivity index (χ2n) is 4.21. The summed E-state index contributed by atoms with van der Waals surface area (Å²) in [7, 11) is -1.26. The summed E-state index contributed by atoms with van der Waals surface area (Å²) >= 11 is 5.96. The summed E-state index contributed by atoms with van der Waals surface area (Å²) in [4.78, 5) is 12.6. The van der Waals surface area contributed by atoms with Crippen LogP contribution in [0.25, 0.3) is 0 Å². The van der Waals surface area contributed by atoms with Gasteiger partial charge in [-0.1, -0.05) is 23.7 Å². The van der Waals surface area contributed by atoms with Gasteiger partial charge in [-0.3, -0.25) is 9.00 Å². The van der Waals surface area contributed by atoms with Crippen LogP contribution in [0.5, 0.6) is 0 Å². The van der Waals surface area contributed by atoms with Crippen LogP contribution >= 0.6 is 11.6 Å². The van der Waals surface area contributed by atoms with Crippen molar-refractivity contribution in [2.75, 3.05) is 11.6 Å². The van der Waals surface area contributed by atoms with E-state index >= 15 is 0 Å². The topological polar surface area (TPSA) is 70.0 Å². The first-order valence-corrected chi connectivity index (χ1v) is 7.90. The molecular formula is C15H11ClN2O2S. The predicted octanol–water partition coefficient (Wildman–Crippen LogP) is 3.20. The van der Waals surface area contributed by atoms with Gasteiger partial charge in [0.1, 0.15) is 6.07 Å². The van der Waals surface area contributed by atoms with E-state index in [1.807, 2.05) is 6.07 Å². The van der Waals surface area contributed by atoms with Gasteiger partial charge in [0.15, 0.2) is 0 Å². The number of nitrogens with one attached hydrogen (secondary N) is 1. The number of hydrogen-bond donors (Lipinski definition) is 1. The predicted molar refractivity (Wildman–Crippen MR) is 82.9 cm³/mol. The van der Waals surface area contributed by atoms with Crippen LogP contribution in [0.15, 0.2) is 47.4 Å². The Morgan fingerprint density at radius 2 is 2.00 bits per heavy atom. The molecule has 0 spiro atoms. The summed E-state index contributed by atoms with van der Waals surface area (Å²) in [5.41, 5.74) is 1.07. The number of hydrogen-bond acceptors (Lipinski definition) is 3. The monoisotopic (exact) mass is 318 g/mol. The van der Waals surface area contributed by atoms with E-state index in [0.29, 0.717) is 21.2 Å². The third-order valence-electron chi connectivity index (χ3n) is 2.79. The molecule has 0 aliphatic carbocycles. The molecule has 1 amide bonds. The molecule has 2 rings (SSSR count). The average Bonchev–Trinajstić information content (AvgIpc) is 2.47. The smallest absolute Gasteiger partial charge is 0.257 e. The maximum absolute atomic E-state index is 12.1. The van der Waals surface area contributed by atoms with Gasteiger partial charge >= 0.3 is 0 Å². The Balaban J connectivity index is 2.29. The Hall–Kier alpha value is -2.16. The standard InChI is InChI=1S/C15H11ClN2O2S/c1-21(20)14-7-6-11(8-10(14)9-17)18-15(19)12-4-2-3-5-13(12)16/h2-8H,1H3,(H,18,19)/t21-/m1/s1. The summed E-state index contributed by atoms with van der Waals surface area (Å²) in [5.74, 6) is -0.366. The number of nitrogens with zero attached hydrogens (tertiary/aromatic N) is 1. The van der Waals surface area contributed by atoms with Crippen LogP contribution in [0.3, 0.4) is 0 Å². The summed E-state index contributed by atoms with van der Waals surface area (Å²) in [6.07, 6.45) is 1.50. The lowest BCUT2D eigenvalue weighted by Gasteiger charge is -2.08. The van der Waals surface area contributed by atoms with Gasteiger partial charge in [-0.15, -0.1) is 0 Å². The zero-order chi connectivity index (χ0) is 15.4. The third kappa shape index (κ3) is 3.48. The van der Waals surface area contributed by atoms with Crippen molar-refractivity contribution in [3.8, 4) is 6.07 Å². The highest BCUT2D eigenvalue weighted by Crippen LogP contribution is 2.20. The number of amides is 1. The first kappa shape index (κ1) is 15.2. The van der Waals surface area contributed by atoms with Crippen molar-refractivity contribution >= 4 is 34.0 Å². The van der Waals surface area contributed by atoms with Crippen molar-refractivity contribution in [3.05, 3.63) is 58.6 Å². The third-order valence-corrected chi connectivity index (χ3v) is 4.09. The molecule has 1 atom stereocenters. The molecule has 0 fully saturated rings. The quantitative estimate of drug-likeness (QED) is 0.944. The molecule has 2 aromatic carbocycles. The first-order chi connectivity index (χ1) is 10.0. The van der Waals surface area contributed by atoms with Gasteiger partial charge in [-0.25, -0.2) is 0 Å². The number of nitriles is 1. The lowest BCUT2D eigenvalue weighted by atomic mass is 10.2. The number of benzene rings is 2. The molecule has 0 aliphatic rings. The van der Waals surface area contributed by atoms with E-state index < -0.39 is 10.8 Å². The fourth-order valence-electron chi connectivity index (χ4n) is 1.79. The number of carbonyl (C=O) groups excluding carboxylic acids is 1. The van der Waals surface area contributed by atoms with Crippen molar-refractivity contribution in [2.45, 2.75) is 4.90 Å². The van der Waals surface area contributed by atoms with Crippen molar-refractivity contribution in [2.24, 2.45) is 0 Å². The molecule has 0 aromatic heterocycles. The summed E-state index contributed by atoms with van der Waals surface area (Å²) in [6, 6.07) is 13.3. The Morgan fingerprint density at radius 1 is 1.29 bits per heavy atom. The van der Waals surface area contributed by atoms with Gasteiger partial charge in [-0.2, -0.15) is 5.26 Å². The minimum absolute atomic E-state index is 0.271. The van der Waals surface area contributed by atoms with Gasteiger partial charge in [0, 0.05) is 11.9 Å². The van der Waals surface area contributed by atoms with E-state index in [-0.39, 0.29) is 11.5 Å². The number of halogens is 1. The van der Waals surface area contributed by atoms with E-state index in [0.717, 1.165) is 0 Å². The minimum Gasteiger partial charge on any atom is -0.322 e. The average molecular weight is 319 g/mol. The SMILES string of the molecule is C[S@@](=O)c1ccc(NC(=O)c2ccccc2Cl)cc1C#N. The molecular weight excluding hydrogens is 308 g/mol. The Labute approximate surface area is 129 Å². The molecule has 0 radical (unpaired) electrons. The molecule has 0 saturated carbocycles. The van der Waals surface area contributed by atoms with Crippen LogP contribution in [0, 0.1) is 11.3 Å². The van der Waals surface area contributed by atoms with E-state index in [1.54, 1.807) is 36.4 Å². The molecule has 1 N–H and O–H groups in total. The van der Waals surface area contributed by atoms with Crippen LogP contribution in [-0.2, 0) is 10.8 Å². The van der Waals surface area contributed by atoms with E-state index in [1.165, 1.54) is 12.3 Å². The zero-order valence-corrected chi connectivity index (χ0v) is 12.7. The van der Waals surface area contributed by atoms with Crippen molar-refractivity contribution in [3.63, 3.8) is 0 Å². The summed E-state index contributed by atoms with van der Waals surface area (Å²) < 4.78 is 11.5. The minimum atomic E-state index is -1.26. The molecule has 21 heavy (non-hydrogen) atoms. The largest absolute Gasteiger partial charge is 0.322 e. The summed E-state index contributed by atoms with van der Waals surface area (Å²) in [5, 5.41) is 12.1. The second-order valence-corrected chi connectivity index (χ2v) is 5.97. The van der Waals surface area contributed by atoms with Gasteiger partial charge in [0.2, 0.25) is 0 Å². The molecule has 0 aliphatic heterocycles. The molecule has 4 nitrogen and oxygen atoms in total. The van der Waals surface area contributed by atoms with Gasteiger partial charge < -0.3 is 5.32 Å². The fraction of sp³-hybridized carbons (Fsp3) is 0.0667. The Bertz CT molecular complexity index is 769. The van der Waals surface area contributed by atoms with Crippen molar-refractivity contribution in [1.82, 2.24) is 0 Å². The summed E-state index contributed by atoms with van der Waals surface area (Å²) in [6.45, 7) is 0. The first-order valence-electron chi connectivity index (χ1n) is 5.96. The van der Waals surface area contributed by atoms with Gasteiger partial charge in [0.05, 0.1) is 31.8 Å². The molecule has 2 aromatic rings. The highest BCUT2D eigenvalue weighted by atomic mass is 35.5. The molecule has 6 heteroatoms. The fourth-order valence-corrected chi connectivity index (χ4v) is 2.69. The van der Waals surface area contributed by atoms with Crippen molar-refractivity contribution < 1.29 is 9.00 Å². The van der Waals surface area contributed by atoms with Crippen LogP contribution < -0.4 is 5.32 Å². The number of rotatable bonds is 3. The maximum atomic E-state index is 12.1. The van der Waals surface area contributed by atoms with E-state index in [4.69, 9.17) is 16.9 Å². The van der Waals surface area contributed by atoms with Gasteiger partial charge in [-0.05, 0) is 30.3 Å². The zero-order valence-electron chi connectivity index (χ0n) is 11.1. The van der Waals surface area contributed by atoms with E-state index in [9.17, 15) is 9.00 Å². The van der Waals surface area contributed by atoms with Crippen LogP contribution in [0.2, 0.25) is 5.02 Å². The van der Waals surface area contributed by atoms with E-state index in [2.05, 4.69) is 5.32 Å². The van der Waals surface area contributed by atoms with Crippen molar-refractivity contribution in [1.29, 1.82) is 5.26 Å². The molecule has 106 valence electrons. The Morgan fingerprint density at radius 3 is 2.62 bits per heavy atom. The van der Waals surface area contributed by atoms with Crippen LogP contribution in [-0.4, -0.2) is 16.4 Å². The van der Waals surface area contributed by atoms with Crippen LogP contribution in [0.1, 0.15) is 15.9 Å². The molecule has 0 saturated heterocycles. The maximum Gasteiger partial charge on any atom is 0.257 e. The molecule has 0 unspecified atom stereocenters. The lowest BCUT2D eigenvalue weighted by molar-refractivity contribution is 0.102. The normalized spacial score (nSPS) is 11.5. The lowest BCUT2D eigenvalue weighted by Crippen LogP contribution is -2.12. The van der Waals surface area contributed by atoms with Crippen LogP contribution in [0.4, 0.5) is 5.69 Å². The highest BCUT2D eigenvalue weighted by Gasteiger charge is 2.12.